The number of hydrogen-bond donors (Lipinski definition) is 0. The highest BCUT2D eigenvalue weighted by atomic mass is 16.5. The molecule has 0 N–H and O–H groups in total. The number of benzene rings is 2. The summed E-state index contributed by atoms with van der Waals surface area (Å²) in [5, 5.41) is 8.52. The molecule has 1 aliphatic heterocycles. The Kier molecular flexibility index (Phi) is 7.95. The van der Waals surface area contributed by atoms with Gasteiger partial charge in [-0.3, -0.25) is 14.3 Å². The number of rotatable bonds is 9. The molecular formula is C30H33N5O6. The fourth-order valence-electron chi connectivity index (χ4n) is 5.00. The van der Waals surface area contributed by atoms with Crippen molar-refractivity contribution >= 4 is 28.4 Å². The van der Waals surface area contributed by atoms with Gasteiger partial charge >= 0.3 is 0 Å². The van der Waals surface area contributed by atoms with Crippen LogP contribution in [0.2, 0.25) is 0 Å². The number of aromatic nitrogens is 3. The number of methoxy groups -OCH3 is 3. The smallest absolute Gasteiger partial charge is 0.289 e. The van der Waals surface area contributed by atoms with E-state index in [2.05, 4.69) is 16.4 Å². The standard InChI is InChI=1S/C30H33N5O6/c1-33(2)30(37)26-17-22-13-20(19-7-6-10-34(18-19)27(36)8-11-35-12-9-31-32-35)14-23(28(22)41-26)21-15-24(38-3)29(40-5)25(16-21)39-4/h7,9,12-17H,6,8,10-11,18H2,1-5H3. The zero-order valence-electron chi connectivity index (χ0n) is 23.8. The third kappa shape index (κ3) is 5.60. The van der Waals surface area contributed by atoms with Gasteiger partial charge < -0.3 is 28.4 Å². The topological polar surface area (TPSA) is 112 Å². The summed E-state index contributed by atoms with van der Waals surface area (Å²) >= 11 is 0. The molecule has 41 heavy (non-hydrogen) atoms. The van der Waals surface area contributed by atoms with Crippen molar-refractivity contribution in [2.75, 3.05) is 48.5 Å². The zero-order valence-corrected chi connectivity index (χ0v) is 23.8. The molecule has 3 heterocycles. The van der Waals surface area contributed by atoms with Crippen molar-refractivity contribution in [3.05, 3.63) is 60.1 Å². The van der Waals surface area contributed by atoms with E-state index < -0.39 is 0 Å². The Morgan fingerprint density at radius 2 is 1.76 bits per heavy atom. The summed E-state index contributed by atoms with van der Waals surface area (Å²) in [5.74, 6) is 1.52. The Balaban J connectivity index is 1.56. The first kappa shape index (κ1) is 27.8. The molecule has 0 spiro atoms. The van der Waals surface area contributed by atoms with E-state index in [9.17, 15) is 9.59 Å². The van der Waals surface area contributed by atoms with Crippen LogP contribution in [0.1, 0.15) is 29.0 Å². The molecule has 0 atom stereocenters. The highest BCUT2D eigenvalue weighted by Gasteiger charge is 2.24. The van der Waals surface area contributed by atoms with Crippen LogP contribution < -0.4 is 14.2 Å². The molecule has 11 heteroatoms. The molecular weight excluding hydrogens is 526 g/mol. The summed E-state index contributed by atoms with van der Waals surface area (Å²) in [7, 11) is 8.05. The number of nitrogens with zero attached hydrogens (tertiary/aromatic N) is 5. The van der Waals surface area contributed by atoms with Crippen LogP contribution in [0.3, 0.4) is 0 Å². The van der Waals surface area contributed by atoms with Crippen molar-refractivity contribution in [2.45, 2.75) is 19.4 Å². The van der Waals surface area contributed by atoms with E-state index in [0.717, 1.165) is 34.1 Å². The number of aryl methyl sites for hydroxylation is 1. The van der Waals surface area contributed by atoms with Crippen molar-refractivity contribution in [1.29, 1.82) is 0 Å². The van der Waals surface area contributed by atoms with Crippen LogP contribution in [-0.2, 0) is 11.3 Å². The summed E-state index contributed by atoms with van der Waals surface area (Å²) < 4.78 is 24.5. The largest absolute Gasteiger partial charge is 0.493 e. The third-order valence-corrected chi connectivity index (χ3v) is 7.11. The first-order valence-electron chi connectivity index (χ1n) is 13.2. The van der Waals surface area contributed by atoms with Crippen LogP contribution in [0.15, 0.2) is 53.2 Å². The van der Waals surface area contributed by atoms with Gasteiger partial charge in [0.25, 0.3) is 5.91 Å². The molecule has 0 saturated heterocycles. The Labute approximate surface area is 237 Å². The molecule has 0 unspecified atom stereocenters. The SMILES string of the molecule is COc1cc(-c2cc(C3=CCCN(C(=O)CCn4ccnn4)C3)cc3cc(C(=O)N(C)C)oc23)cc(OC)c1OC. The second-order valence-corrected chi connectivity index (χ2v) is 9.92. The van der Waals surface area contributed by atoms with Gasteiger partial charge in [-0.05, 0) is 53.5 Å². The number of furan rings is 1. The first-order chi connectivity index (χ1) is 19.8. The van der Waals surface area contributed by atoms with Crippen LogP contribution in [-0.4, -0.2) is 85.1 Å². The number of carbonyl (C=O) groups is 2. The summed E-state index contributed by atoms with van der Waals surface area (Å²) in [6.45, 7) is 1.59. The lowest BCUT2D eigenvalue weighted by atomic mass is 9.94. The minimum atomic E-state index is -0.236. The fraction of sp³-hybridized carbons (Fsp3) is 0.333. The first-order valence-corrected chi connectivity index (χ1v) is 13.2. The van der Waals surface area contributed by atoms with Crippen LogP contribution in [0, 0.1) is 0 Å². The van der Waals surface area contributed by atoms with Gasteiger partial charge in [0.2, 0.25) is 11.7 Å². The molecule has 4 aromatic rings. The van der Waals surface area contributed by atoms with Crippen LogP contribution in [0.4, 0.5) is 0 Å². The molecule has 2 aromatic carbocycles. The summed E-state index contributed by atoms with van der Waals surface area (Å²) in [5.41, 5.74) is 4.03. The molecule has 0 saturated carbocycles. The highest BCUT2D eigenvalue weighted by Crippen LogP contribution is 2.44. The molecule has 11 nitrogen and oxygen atoms in total. The van der Waals surface area contributed by atoms with E-state index in [1.807, 2.05) is 29.2 Å². The van der Waals surface area contributed by atoms with Crippen LogP contribution >= 0.6 is 0 Å². The van der Waals surface area contributed by atoms with Gasteiger partial charge in [-0.2, -0.15) is 0 Å². The number of ether oxygens (including phenoxy) is 3. The second-order valence-electron chi connectivity index (χ2n) is 9.92. The van der Waals surface area contributed by atoms with E-state index in [1.165, 1.54) is 4.90 Å². The molecule has 2 aromatic heterocycles. The lowest BCUT2D eigenvalue weighted by Crippen LogP contribution is -2.35. The van der Waals surface area contributed by atoms with Gasteiger partial charge in [0, 0.05) is 50.8 Å². The van der Waals surface area contributed by atoms with Crippen molar-refractivity contribution < 1.29 is 28.2 Å². The number of hydrogen-bond acceptors (Lipinski definition) is 8. The normalized spacial score (nSPS) is 13.2. The van der Waals surface area contributed by atoms with E-state index in [4.69, 9.17) is 18.6 Å². The van der Waals surface area contributed by atoms with Gasteiger partial charge in [0.15, 0.2) is 17.3 Å². The van der Waals surface area contributed by atoms with Crippen LogP contribution in [0.5, 0.6) is 17.2 Å². The molecule has 5 rings (SSSR count). The molecule has 0 aliphatic carbocycles. The molecule has 0 fully saturated rings. The quantitative estimate of drug-likeness (QED) is 0.301. The lowest BCUT2D eigenvalue weighted by Gasteiger charge is -2.28. The third-order valence-electron chi connectivity index (χ3n) is 7.11. The van der Waals surface area contributed by atoms with Crippen LogP contribution in [0.25, 0.3) is 27.7 Å². The van der Waals surface area contributed by atoms with E-state index in [-0.39, 0.29) is 17.6 Å². The minimum Gasteiger partial charge on any atom is -0.493 e. The van der Waals surface area contributed by atoms with E-state index >= 15 is 0 Å². The maximum absolute atomic E-state index is 13.1. The number of carbonyl (C=O) groups excluding carboxylic acids is 2. The maximum Gasteiger partial charge on any atom is 0.289 e. The summed E-state index contributed by atoms with van der Waals surface area (Å²) in [6, 6.07) is 9.48. The number of amides is 2. The Bertz CT molecular complexity index is 1580. The molecule has 0 bridgehead atoms. The van der Waals surface area contributed by atoms with Gasteiger partial charge in [0.05, 0.1) is 34.1 Å². The average Bonchev–Trinajstić information content (AvgIpc) is 3.68. The summed E-state index contributed by atoms with van der Waals surface area (Å²) in [4.78, 5) is 29.2. The Morgan fingerprint density at radius 3 is 2.39 bits per heavy atom. The maximum atomic E-state index is 13.1. The fourth-order valence-corrected chi connectivity index (χ4v) is 5.00. The van der Waals surface area contributed by atoms with Gasteiger partial charge in [-0.1, -0.05) is 11.3 Å². The molecule has 0 radical (unpaired) electrons. The van der Waals surface area contributed by atoms with Gasteiger partial charge in [-0.25, -0.2) is 0 Å². The monoisotopic (exact) mass is 559 g/mol. The predicted octanol–water partition coefficient (Wildman–Crippen LogP) is 4.12. The highest BCUT2D eigenvalue weighted by molar-refractivity contribution is 6.02. The average molecular weight is 560 g/mol. The van der Waals surface area contributed by atoms with Gasteiger partial charge in [-0.15, -0.1) is 5.10 Å². The lowest BCUT2D eigenvalue weighted by molar-refractivity contribution is -0.131. The Morgan fingerprint density at radius 1 is 1.00 bits per heavy atom. The Hall–Kier alpha value is -4.80. The van der Waals surface area contributed by atoms with E-state index in [0.29, 0.717) is 48.9 Å². The molecule has 214 valence electrons. The van der Waals surface area contributed by atoms with E-state index in [1.54, 1.807) is 58.6 Å². The predicted molar refractivity (Wildman–Crippen MR) is 153 cm³/mol. The van der Waals surface area contributed by atoms with Crippen molar-refractivity contribution in [3.63, 3.8) is 0 Å². The minimum absolute atomic E-state index is 0.0548. The molecule has 2 amide bonds. The zero-order chi connectivity index (χ0) is 29.1. The second kappa shape index (κ2) is 11.7. The van der Waals surface area contributed by atoms with Gasteiger partial charge in [0.1, 0.15) is 5.58 Å². The molecule has 1 aliphatic rings. The number of fused-ring (bicyclic) bond motifs is 1. The van der Waals surface area contributed by atoms with Crippen molar-refractivity contribution in [2.24, 2.45) is 0 Å². The van der Waals surface area contributed by atoms with Crippen molar-refractivity contribution in [1.82, 2.24) is 24.8 Å². The van der Waals surface area contributed by atoms with Crippen molar-refractivity contribution in [3.8, 4) is 28.4 Å². The summed E-state index contributed by atoms with van der Waals surface area (Å²) in [6.07, 6.45) is 6.57.